The molecule has 0 aromatic heterocycles. The number of nitriles is 1. The lowest BCUT2D eigenvalue weighted by Crippen LogP contribution is -2.33. The van der Waals surface area contributed by atoms with Gasteiger partial charge in [0.15, 0.2) is 0 Å². The number of benzene rings is 1. The molecular weight excluding hydrogens is 224 g/mol. The average molecular weight is 246 g/mol. The second-order valence-electron chi connectivity index (χ2n) is 5.15. The van der Waals surface area contributed by atoms with Gasteiger partial charge in [0.1, 0.15) is 5.75 Å². The van der Waals surface area contributed by atoms with Crippen LogP contribution in [0.1, 0.15) is 31.4 Å². The first-order chi connectivity index (χ1) is 8.51. The van der Waals surface area contributed by atoms with Crippen LogP contribution in [0.3, 0.4) is 0 Å². The van der Waals surface area contributed by atoms with Crippen molar-refractivity contribution in [2.24, 2.45) is 0 Å². The van der Waals surface area contributed by atoms with E-state index < -0.39 is 0 Å². The van der Waals surface area contributed by atoms with Gasteiger partial charge in [0, 0.05) is 24.9 Å². The van der Waals surface area contributed by atoms with Crippen LogP contribution in [-0.4, -0.2) is 20.2 Å². The highest BCUT2D eigenvalue weighted by Gasteiger charge is 2.20. The van der Waals surface area contributed by atoms with Crippen LogP contribution < -0.4 is 10.1 Å². The maximum absolute atomic E-state index is 8.50. The standard InChI is InChI=1S/C15H22N2O/c1-12-10-13(6-7-14(12)18-4)15(2,3)11-17-9-5-8-16/h6-7,10,17H,5,9,11H2,1-4H3. The van der Waals surface area contributed by atoms with Gasteiger partial charge in [-0.15, -0.1) is 0 Å². The first-order valence-electron chi connectivity index (χ1n) is 6.24. The van der Waals surface area contributed by atoms with Gasteiger partial charge >= 0.3 is 0 Å². The van der Waals surface area contributed by atoms with Gasteiger partial charge in [0.2, 0.25) is 0 Å². The first-order valence-corrected chi connectivity index (χ1v) is 6.24. The van der Waals surface area contributed by atoms with E-state index in [0.717, 1.165) is 24.4 Å². The van der Waals surface area contributed by atoms with Gasteiger partial charge in [0.05, 0.1) is 13.2 Å². The molecule has 0 heterocycles. The van der Waals surface area contributed by atoms with E-state index in [-0.39, 0.29) is 5.41 Å². The molecular formula is C15H22N2O. The van der Waals surface area contributed by atoms with Crippen molar-refractivity contribution >= 4 is 0 Å². The minimum atomic E-state index is 0.0481. The molecule has 0 aliphatic heterocycles. The van der Waals surface area contributed by atoms with E-state index in [9.17, 15) is 0 Å². The maximum Gasteiger partial charge on any atom is 0.121 e. The number of hydrogen-bond donors (Lipinski definition) is 1. The molecule has 3 heteroatoms. The van der Waals surface area contributed by atoms with Crippen LogP contribution in [-0.2, 0) is 5.41 Å². The number of rotatable bonds is 6. The smallest absolute Gasteiger partial charge is 0.121 e. The topological polar surface area (TPSA) is 45.0 Å². The van der Waals surface area contributed by atoms with Crippen molar-refractivity contribution in [2.75, 3.05) is 20.2 Å². The predicted molar refractivity (Wildman–Crippen MR) is 73.9 cm³/mol. The van der Waals surface area contributed by atoms with Gasteiger partial charge in [-0.05, 0) is 24.1 Å². The molecule has 3 nitrogen and oxygen atoms in total. The molecule has 0 saturated carbocycles. The molecule has 0 fully saturated rings. The molecule has 0 unspecified atom stereocenters. The molecule has 0 aliphatic carbocycles. The number of methoxy groups -OCH3 is 1. The van der Waals surface area contributed by atoms with Gasteiger partial charge in [-0.1, -0.05) is 26.0 Å². The van der Waals surface area contributed by atoms with Crippen LogP contribution in [0.4, 0.5) is 0 Å². The van der Waals surface area contributed by atoms with Crippen LogP contribution in [0.15, 0.2) is 18.2 Å². The van der Waals surface area contributed by atoms with Crippen LogP contribution in [0.25, 0.3) is 0 Å². The third-order valence-corrected chi connectivity index (χ3v) is 3.16. The van der Waals surface area contributed by atoms with Crippen molar-refractivity contribution in [1.82, 2.24) is 5.32 Å². The summed E-state index contributed by atoms with van der Waals surface area (Å²) in [4.78, 5) is 0. The Morgan fingerprint density at radius 1 is 1.39 bits per heavy atom. The number of nitrogens with one attached hydrogen (secondary N) is 1. The molecule has 0 saturated heterocycles. The van der Waals surface area contributed by atoms with E-state index in [1.807, 2.05) is 6.07 Å². The molecule has 1 rings (SSSR count). The second kappa shape index (κ2) is 6.42. The fraction of sp³-hybridized carbons (Fsp3) is 0.533. The highest BCUT2D eigenvalue weighted by Crippen LogP contribution is 2.27. The van der Waals surface area contributed by atoms with Crippen molar-refractivity contribution in [3.05, 3.63) is 29.3 Å². The minimum Gasteiger partial charge on any atom is -0.496 e. The van der Waals surface area contributed by atoms with Crippen molar-refractivity contribution in [2.45, 2.75) is 32.6 Å². The lowest BCUT2D eigenvalue weighted by Gasteiger charge is -2.26. The molecule has 0 aliphatic rings. The third kappa shape index (κ3) is 3.75. The summed E-state index contributed by atoms with van der Waals surface area (Å²) in [6, 6.07) is 8.43. The SMILES string of the molecule is COc1ccc(C(C)(C)CNCCC#N)cc1C. The summed E-state index contributed by atoms with van der Waals surface area (Å²) in [5.41, 5.74) is 2.48. The van der Waals surface area contributed by atoms with Crippen LogP contribution in [0, 0.1) is 18.3 Å². The Hall–Kier alpha value is -1.53. The molecule has 0 atom stereocenters. The average Bonchev–Trinajstić information content (AvgIpc) is 2.34. The Morgan fingerprint density at radius 2 is 2.11 bits per heavy atom. The van der Waals surface area contributed by atoms with E-state index in [0.29, 0.717) is 6.42 Å². The first kappa shape index (κ1) is 14.5. The highest BCUT2D eigenvalue weighted by atomic mass is 16.5. The molecule has 1 aromatic carbocycles. The Balaban J connectivity index is 2.72. The van der Waals surface area contributed by atoms with Gasteiger partial charge in [-0.3, -0.25) is 0 Å². The molecule has 0 radical (unpaired) electrons. The maximum atomic E-state index is 8.50. The largest absolute Gasteiger partial charge is 0.496 e. The summed E-state index contributed by atoms with van der Waals surface area (Å²) < 4.78 is 5.27. The van der Waals surface area contributed by atoms with Crippen LogP contribution in [0.5, 0.6) is 5.75 Å². The fourth-order valence-corrected chi connectivity index (χ4v) is 1.95. The number of aryl methyl sites for hydroxylation is 1. The summed E-state index contributed by atoms with van der Waals surface area (Å²) >= 11 is 0. The quantitative estimate of drug-likeness (QED) is 0.785. The predicted octanol–water partition coefficient (Wildman–Crippen LogP) is 2.78. The van der Waals surface area contributed by atoms with E-state index in [1.165, 1.54) is 5.56 Å². The number of nitrogens with zero attached hydrogens (tertiary/aromatic N) is 1. The fourth-order valence-electron chi connectivity index (χ4n) is 1.95. The molecule has 0 amide bonds. The van der Waals surface area contributed by atoms with E-state index >= 15 is 0 Å². The zero-order chi connectivity index (χ0) is 13.6. The zero-order valence-electron chi connectivity index (χ0n) is 11.7. The lowest BCUT2D eigenvalue weighted by molar-refractivity contribution is 0.410. The molecule has 1 N–H and O–H groups in total. The Labute approximate surface area is 110 Å². The summed E-state index contributed by atoms with van der Waals surface area (Å²) in [7, 11) is 1.69. The second-order valence-corrected chi connectivity index (χ2v) is 5.15. The number of hydrogen-bond acceptors (Lipinski definition) is 3. The minimum absolute atomic E-state index is 0.0481. The normalized spacial score (nSPS) is 11.1. The van der Waals surface area contributed by atoms with E-state index in [1.54, 1.807) is 7.11 Å². The van der Waals surface area contributed by atoms with E-state index in [4.69, 9.17) is 10.00 Å². The monoisotopic (exact) mass is 246 g/mol. The van der Waals surface area contributed by atoms with Gasteiger partial charge in [-0.25, -0.2) is 0 Å². The van der Waals surface area contributed by atoms with Crippen molar-refractivity contribution in [3.8, 4) is 11.8 Å². The summed E-state index contributed by atoms with van der Waals surface area (Å²) in [5, 5.41) is 11.8. The molecule has 1 aromatic rings. The molecule has 98 valence electrons. The third-order valence-electron chi connectivity index (χ3n) is 3.16. The molecule has 18 heavy (non-hydrogen) atoms. The van der Waals surface area contributed by atoms with Gasteiger partial charge < -0.3 is 10.1 Å². The van der Waals surface area contributed by atoms with Crippen LogP contribution >= 0.6 is 0 Å². The number of ether oxygens (including phenoxy) is 1. The lowest BCUT2D eigenvalue weighted by atomic mass is 9.83. The summed E-state index contributed by atoms with van der Waals surface area (Å²) in [6.07, 6.45) is 0.553. The Bertz CT molecular complexity index is 433. The highest BCUT2D eigenvalue weighted by molar-refractivity contribution is 5.39. The van der Waals surface area contributed by atoms with Crippen molar-refractivity contribution in [3.63, 3.8) is 0 Å². The zero-order valence-corrected chi connectivity index (χ0v) is 11.7. The summed E-state index contributed by atoms with van der Waals surface area (Å²) in [6.45, 7) is 8.07. The molecule has 0 spiro atoms. The van der Waals surface area contributed by atoms with Crippen molar-refractivity contribution < 1.29 is 4.74 Å². The Kier molecular flexibility index (Phi) is 5.18. The van der Waals surface area contributed by atoms with E-state index in [2.05, 4.69) is 44.3 Å². The van der Waals surface area contributed by atoms with Crippen molar-refractivity contribution in [1.29, 1.82) is 5.26 Å². The van der Waals surface area contributed by atoms with Crippen LogP contribution in [0.2, 0.25) is 0 Å². The van der Waals surface area contributed by atoms with Gasteiger partial charge in [-0.2, -0.15) is 5.26 Å². The summed E-state index contributed by atoms with van der Waals surface area (Å²) in [5.74, 6) is 0.923. The Morgan fingerprint density at radius 3 is 2.67 bits per heavy atom. The molecule has 0 bridgehead atoms. The van der Waals surface area contributed by atoms with Gasteiger partial charge in [0.25, 0.3) is 0 Å².